The average Bonchev–Trinajstić information content (AvgIpc) is 2.63. The summed E-state index contributed by atoms with van der Waals surface area (Å²) in [6, 6.07) is 19.5. The van der Waals surface area contributed by atoms with E-state index in [1.165, 1.54) is 11.1 Å². The summed E-state index contributed by atoms with van der Waals surface area (Å²) in [5.74, 6) is 1.39. The number of hydrogen-bond donors (Lipinski definition) is 1. The minimum atomic E-state index is -0.0647. The molecule has 1 aliphatic heterocycles. The molecule has 0 saturated carbocycles. The van der Waals surface area contributed by atoms with Gasteiger partial charge in [-0.1, -0.05) is 42.5 Å². The van der Waals surface area contributed by atoms with E-state index in [9.17, 15) is 0 Å². The third-order valence-corrected chi connectivity index (χ3v) is 5.04. The van der Waals surface area contributed by atoms with Crippen molar-refractivity contribution in [1.82, 2.24) is 5.32 Å². The molecule has 0 radical (unpaired) electrons. The Kier molecular flexibility index (Phi) is 5.77. The largest absolute Gasteiger partial charge is 0.497 e. The molecule has 3 rings (SSSR count). The summed E-state index contributed by atoms with van der Waals surface area (Å²) in [5, 5.41) is 3.78. The fourth-order valence-corrected chi connectivity index (χ4v) is 3.55. The lowest BCUT2D eigenvalue weighted by molar-refractivity contribution is -0.0906. The molecule has 0 unspecified atom stereocenters. The summed E-state index contributed by atoms with van der Waals surface area (Å²) >= 11 is 0. The van der Waals surface area contributed by atoms with Crippen molar-refractivity contribution >= 4 is 0 Å². The second-order valence-corrected chi connectivity index (χ2v) is 7.56. The molecule has 0 aromatic heterocycles. The van der Waals surface area contributed by atoms with Crippen molar-refractivity contribution in [2.75, 3.05) is 13.7 Å². The van der Waals surface area contributed by atoms with Crippen LogP contribution in [0.2, 0.25) is 0 Å². The van der Waals surface area contributed by atoms with E-state index in [1.54, 1.807) is 7.11 Å². The van der Waals surface area contributed by atoms with Crippen LogP contribution >= 0.6 is 0 Å². The third-order valence-electron chi connectivity index (χ3n) is 5.04. The van der Waals surface area contributed by atoms with Gasteiger partial charge in [0, 0.05) is 18.5 Å². The van der Waals surface area contributed by atoms with Gasteiger partial charge in [-0.2, -0.15) is 0 Å². The molecule has 2 aromatic carbocycles. The quantitative estimate of drug-likeness (QED) is 0.855. The van der Waals surface area contributed by atoms with Gasteiger partial charge in [-0.3, -0.25) is 0 Å². The van der Waals surface area contributed by atoms with Crippen LogP contribution in [0.1, 0.15) is 31.4 Å². The van der Waals surface area contributed by atoms with Crippen LogP contribution in [0.4, 0.5) is 0 Å². The van der Waals surface area contributed by atoms with Crippen molar-refractivity contribution in [2.24, 2.45) is 5.92 Å². The highest BCUT2D eigenvalue weighted by molar-refractivity contribution is 5.27. The molecule has 2 aromatic rings. The van der Waals surface area contributed by atoms with Crippen LogP contribution in [0.25, 0.3) is 0 Å². The molecule has 134 valence electrons. The molecule has 1 fully saturated rings. The predicted octanol–water partition coefficient (Wildman–Crippen LogP) is 4.21. The van der Waals surface area contributed by atoms with E-state index >= 15 is 0 Å². The Labute approximate surface area is 151 Å². The predicted molar refractivity (Wildman–Crippen MR) is 102 cm³/mol. The van der Waals surface area contributed by atoms with Gasteiger partial charge >= 0.3 is 0 Å². The average molecular weight is 339 g/mol. The summed E-state index contributed by atoms with van der Waals surface area (Å²) < 4.78 is 11.3. The van der Waals surface area contributed by atoms with E-state index in [0.717, 1.165) is 31.7 Å². The molecule has 2 atom stereocenters. The van der Waals surface area contributed by atoms with Gasteiger partial charge in [0.25, 0.3) is 0 Å². The first-order chi connectivity index (χ1) is 12.1. The molecule has 0 spiro atoms. The zero-order valence-corrected chi connectivity index (χ0v) is 15.5. The molecule has 0 bridgehead atoms. The van der Waals surface area contributed by atoms with E-state index in [0.29, 0.717) is 12.0 Å². The second kappa shape index (κ2) is 8.03. The molecule has 3 nitrogen and oxygen atoms in total. The number of benzene rings is 2. The second-order valence-electron chi connectivity index (χ2n) is 7.56. The van der Waals surface area contributed by atoms with Crippen LogP contribution < -0.4 is 10.1 Å². The van der Waals surface area contributed by atoms with E-state index in [4.69, 9.17) is 9.47 Å². The minimum Gasteiger partial charge on any atom is -0.497 e. The van der Waals surface area contributed by atoms with E-state index in [2.05, 4.69) is 61.6 Å². The van der Waals surface area contributed by atoms with Crippen LogP contribution in [-0.4, -0.2) is 25.4 Å². The number of hydrogen-bond acceptors (Lipinski definition) is 3. The summed E-state index contributed by atoms with van der Waals surface area (Å²) in [5.41, 5.74) is 2.60. The van der Waals surface area contributed by atoms with Crippen LogP contribution in [0, 0.1) is 5.92 Å². The van der Waals surface area contributed by atoms with Crippen molar-refractivity contribution in [3.8, 4) is 5.75 Å². The number of nitrogens with one attached hydrogen (secondary N) is 1. The minimum absolute atomic E-state index is 0.0647. The van der Waals surface area contributed by atoms with Gasteiger partial charge in [-0.25, -0.2) is 0 Å². The lowest BCUT2D eigenvalue weighted by atomic mass is 9.83. The molecule has 0 amide bonds. The van der Waals surface area contributed by atoms with Gasteiger partial charge in [0.05, 0.1) is 19.3 Å². The van der Waals surface area contributed by atoms with Gasteiger partial charge in [-0.15, -0.1) is 0 Å². The van der Waals surface area contributed by atoms with Crippen molar-refractivity contribution in [3.63, 3.8) is 0 Å². The van der Waals surface area contributed by atoms with Crippen molar-refractivity contribution in [1.29, 1.82) is 0 Å². The topological polar surface area (TPSA) is 30.5 Å². The van der Waals surface area contributed by atoms with Gasteiger partial charge in [0.15, 0.2) is 0 Å². The van der Waals surface area contributed by atoms with Crippen molar-refractivity contribution in [2.45, 2.75) is 44.9 Å². The standard InChI is InChI=1S/C22H29NO2/c1-22(2)14-21(23-15-18-9-11-20(24-3)12-10-18)19(16-25-22)13-17-7-5-4-6-8-17/h4-12,19,21,23H,13-16H2,1-3H3/t19-,21-/m0/s1. The highest BCUT2D eigenvalue weighted by Crippen LogP contribution is 2.30. The molecule has 0 aliphatic carbocycles. The highest BCUT2D eigenvalue weighted by Gasteiger charge is 2.35. The SMILES string of the molecule is COc1ccc(CN[C@H]2CC(C)(C)OC[C@@H]2Cc2ccccc2)cc1. The summed E-state index contributed by atoms with van der Waals surface area (Å²) in [6.45, 7) is 6.06. The maximum absolute atomic E-state index is 6.11. The first-order valence-electron chi connectivity index (χ1n) is 9.10. The number of rotatable bonds is 6. The molecule has 1 heterocycles. The smallest absolute Gasteiger partial charge is 0.118 e. The Morgan fingerprint density at radius 2 is 1.76 bits per heavy atom. The fraction of sp³-hybridized carbons (Fsp3) is 0.455. The Morgan fingerprint density at radius 1 is 1.04 bits per heavy atom. The zero-order chi connectivity index (χ0) is 17.7. The maximum Gasteiger partial charge on any atom is 0.118 e. The van der Waals surface area contributed by atoms with E-state index in [-0.39, 0.29) is 5.60 Å². The van der Waals surface area contributed by atoms with Crippen LogP contribution in [0.15, 0.2) is 54.6 Å². The molecule has 1 aliphatic rings. The Balaban J connectivity index is 1.65. The summed E-state index contributed by atoms with van der Waals surface area (Å²) in [7, 11) is 1.70. The number of ether oxygens (including phenoxy) is 2. The highest BCUT2D eigenvalue weighted by atomic mass is 16.5. The summed E-state index contributed by atoms with van der Waals surface area (Å²) in [6.07, 6.45) is 2.08. The van der Waals surface area contributed by atoms with E-state index < -0.39 is 0 Å². The molecular weight excluding hydrogens is 310 g/mol. The van der Waals surface area contributed by atoms with Gasteiger partial charge in [-0.05, 0) is 49.9 Å². The molecule has 1 N–H and O–H groups in total. The van der Waals surface area contributed by atoms with Gasteiger partial charge in [0.1, 0.15) is 5.75 Å². The van der Waals surface area contributed by atoms with Gasteiger partial charge < -0.3 is 14.8 Å². The molecule has 25 heavy (non-hydrogen) atoms. The summed E-state index contributed by atoms with van der Waals surface area (Å²) in [4.78, 5) is 0. The monoisotopic (exact) mass is 339 g/mol. The zero-order valence-electron chi connectivity index (χ0n) is 15.5. The Hall–Kier alpha value is -1.84. The normalized spacial score (nSPS) is 22.5. The van der Waals surface area contributed by atoms with Crippen LogP contribution in [-0.2, 0) is 17.7 Å². The maximum atomic E-state index is 6.11. The van der Waals surface area contributed by atoms with Crippen LogP contribution in [0.3, 0.4) is 0 Å². The fourth-order valence-electron chi connectivity index (χ4n) is 3.55. The first kappa shape index (κ1) is 18.0. The van der Waals surface area contributed by atoms with Crippen molar-refractivity contribution in [3.05, 3.63) is 65.7 Å². The number of methoxy groups -OCH3 is 1. The Bertz CT molecular complexity index is 651. The lowest BCUT2D eigenvalue weighted by Gasteiger charge is -2.41. The lowest BCUT2D eigenvalue weighted by Crippen LogP contribution is -2.50. The molecule has 3 heteroatoms. The third kappa shape index (κ3) is 5.07. The molecular formula is C22H29NO2. The van der Waals surface area contributed by atoms with Gasteiger partial charge in [0.2, 0.25) is 0 Å². The van der Waals surface area contributed by atoms with Crippen molar-refractivity contribution < 1.29 is 9.47 Å². The van der Waals surface area contributed by atoms with Crippen LogP contribution in [0.5, 0.6) is 5.75 Å². The van der Waals surface area contributed by atoms with E-state index in [1.807, 2.05) is 12.1 Å². The molecule has 1 saturated heterocycles. The first-order valence-corrected chi connectivity index (χ1v) is 9.10. The Morgan fingerprint density at radius 3 is 2.44 bits per heavy atom.